The lowest BCUT2D eigenvalue weighted by Crippen LogP contribution is -2.37. The van der Waals surface area contributed by atoms with E-state index >= 15 is 0 Å². The van der Waals surface area contributed by atoms with Crippen LogP contribution in [0.1, 0.15) is 13.3 Å². The van der Waals surface area contributed by atoms with Crippen LogP contribution in [0.4, 0.5) is 5.69 Å². The Morgan fingerprint density at radius 2 is 1.85 bits per heavy atom. The van der Waals surface area contributed by atoms with Crippen molar-refractivity contribution in [1.82, 2.24) is 4.98 Å². The minimum absolute atomic E-state index is 0.0158. The van der Waals surface area contributed by atoms with Gasteiger partial charge in [0.2, 0.25) is 5.91 Å². The predicted molar refractivity (Wildman–Crippen MR) is 112 cm³/mol. The molecular formula is C21H19N3OS2. The SMILES string of the molecule is C[C@@H](Sc1nc(-c2ccccc2)cs1)C(=O)N(CCC#N)c1ccccc1. The maximum atomic E-state index is 13.0. The molecule has 6 heteroatoms. The van der Waals surface area contributed by atoms with E-state index in [9.17, 15) is 4.79 Å². The summed E-state index contributed by atoms with van der Waals surface area (Å²) in [6.45, 7) is 2.27. The molecule has 136 valence electrons. The van der Waals surface area contributed by atoms with Crippen molar-refractivity contribution in [2.24, 2.45) is 0 Å². The Morgan fingerprint density at radius 1 is 1.19 bits per heavy atom. The van der Waals surface area contributed by atoms with Gasteiger partial charge in [-0.3, -0.25) is 4.79 Å². The Kier molecular flexibility index (Phi) is 6.64. The molecule has 0 bridgehead atoms. The minimum atomic E-state index is -0.293. The van der Waals surface area contributed by atoms with Crippen LogP contribution in [-0.2, 0) is 4.79 Å². The average molecular weight is 394 g/mol. The van der Waals surface area contributed by atoms with Crippen LogP contribution in [0, 0.1) is 11.3 Å². The largest absolute Gasteiger partial charge is 0.310 e. The highest BCUT2D eigenvalue weighted by molar-refractivity contribution is 8.02. The van der Waals surface area contributed by atoms with Gasteiger partial charge >= 0.3 is 0 Å². The van der Waals surface area contributed by atoms with E-state index in [0.717, 1.165) is 21.3 Å². The van der Waals surface area contributed by atoms with E-state index in [4.69, 9.17) is 5.26 Å². The van der Waals surface area contributed by atoms with Crippen LogP contribution < -0.4 is 4.90 Å². The fraction of sp³-hybridized carbons (Fsp3) is 0.190. The van der Waals surface area contributed by atoms with Crippen LogP contribution in [-0.4, -0.2) is 22.7 Å². The second-order valence-corrected chi connectivity index (χ2v) is 8.30. The van der Waals surface area contributed by atoms with Crippen LogP contribution in [0.3, 0.4) is 0 Å². The molecule has 0 radical (unpaired) electrons. The van der Waals surface area contributed by atoms with E-state index in [0.29, 0.717) is 13.0 Å². The van der Waals surface area contributed by atoms with Crippen molar-refractivity contribution in [1.29, 1.82) is 5.26 Å². The van der Waals surface area contributed by atoms with Gasteiger partial charge in [-0.15, -0.1) is 11.3 Å². The summed E-state index contributed by atoms with van der Waals surface area (Å²) in [7, 11) is 0. The second-order valence-electron chi connectivity index (χ2n) is 5.86. The zero-order chi connectivity index (χ0) is 19.1. The molecule has 0 aliphatic heterocycles. The highest BCUT2D eigenvalue weighted by Crippen LogP contribution is 2.32. The van der Waals surface area contributed by atoms with Crippen LogP contribution >= 0.6 is 23.1 Å². The van der Waals surface area contributed by atoms with E-state index < -0.39 is 0 Å². The highest BCUT2D eigenvalue weighted by Gasteiger charge is 2.23. The molecule has 0 N–H and O–H groups in total. The third kappa shape index (κ3) is 4.97. The number of para-hydroxylation sites is 1. The number of amides is 1. The van der Waals surface area contributed by atoms with Gasteiger partial charge in [0.15, 0.2) is 4.34 Å². The van der Waals surface area contributed by atoms with E-state index in [1.54, 1.807) is 16.2 Å². The summed E-state index contributed by atoms with van der Waals surface area (Å²) in [6.07, 6.45) is 0.299. The second kappa shape index (κ2) is 9.36. The van der Waals surface area contributed by atoms with E-state index in [1.807, 2.05) is 73.0 Å². The van der Waals surface area contributed by atoms with E-state index in [2.05, 4.69) is 11.1 Å². The normalized spacial score (nSPS) is 11.6. The molecule has 3 rings (SSSR count). The molecule has 0 saturated carbocycles. The van der Waals surface area contributed by atoms with Crippen molar-refractivity contribution in [3.63, 3.8) is 0 Å². The Bertz CT molecular complexity index is 919. The van der Waals surface area contributed by atoms with Gasteiger partial charge < -0.3 is 4.90 Å². The van der Waals surface area contributed by atoms with Crippen LogP contribution in [0.2, 0.25) is 0 Å². The summed E-state index contributed by atoms with van der Waals surface area (Å²) in [5.41, 5.74) is 2.81. The lowest BCUT2D eigenvalue weighted by Gasteiger charge is -2.24. The number of benzene rings is 2. The van der Waals surface area contributed by atoms with Crippen molar-refractivity contribution in [2.45, 2.75) is 22.9 Å². The molecule has 1 atom stereocenters. The predicted octanol–water partition coefficient (Wildman–Crippen LogP) is 5.24. The van der Waals surface area contributed by atoms with Gasteiger partial charge in [0, 0.05) is 23.2 Å². The topological polar surface area (TPSA) is 57.0 Å². The van der Waals surface area contributed by atoms with Gasteiger partial charge in [-0.2, -0.15) is 5.26 Å². The number of anilines is 1. The molecule has 1 heterocycles. The Balaban J connectivity index is 1.72. The molecule has 4 nitrogen and oxygen atoms in total. The molecule has 3 aromatic rings. The quantitative estimate of drug-likeness (QED) is 0.515. The number of aromatic nitrogens is 1. The Labute approximate surface area is 167 Å². The summed E-state index contributed by atoms with van der Waals surface area (Å²) in [5, 5.41) is 10.6. The average Bonchev–Trinajstić information content (AvgIpc) is 3.18. The van der Waals surface area contributed by atoms with Crippen molar-refractivity contribution in [2.75, 3.05) is 11.4 Å². The zero-order valence-corrected chi connectivity index (χ0v) is 16.5. The van der Waals surface area contributed by atoms with Crippen molar-refractivity contribution >= 4 is 34.7 Å². The van der Waals surface area contributed by atoms with Crippen LogP contribution in [0.5, 0.6) is 0 Å². The summed E-state index contributed by atoms with van der Waals surface area (Å²) in [5.74, 6) is -0.0158. The number of thiazole rings is 1. The van der Waals surface area contributed by atoms with Crippen molar-refractivity contribution in [3.05, 3.63) is 66.0 Å². The van der Waals surface area contributed by atoms with Crippen LogP contribution in [0.25, 0.3) is 11.3 Å². The molecule has 0 aliphatic rings. The lowest BCUT2D eigenvalue weighted by atomic mass is 10.2. The summed E-state index contributed by atoms with van der Waals surface area (Å²) in [4.78, 5) is 19.3. The maximum Gasteiger partial charge on any atom is 0.240 e. The molecule has 0 fully saturated rings. The fourth-order valence-corrected chi connectivity index (χ4v) is 4.64. The number of hydrogen-bond donors (Lipinski definition) is 0. The smallest absolute Gasteiger partial charge is 0.240 e. The first-order valence-corrected chi connectivity index (χ1v) is 10.4. The first-order valence-electron chi connectivity index (χ1n) is 8.60. The summed E-state index contributed by atoms with van der Waals surface area (Å²) in [6, 6.07) is 21.6. The molecular weight excluding hydrogens is 374 g/mol. The van der Waals surface area contributed by atoms with E-state index in [-0.39, 0.29) is 11.2 Å². The molecule has 0 saturated heterocycles. The number of thioether (sulfide) groups is 1. The summed E-state index contributed by atoms with van der Waals surface area (Å²) < 4.78 is 0.864. The Hall–Kier alpha value is -2.62. The highest BCUT2D eigenvalue weighted by atomic mass is 32.2. The first-order chi connectivity index (χ1) is 13.2. The standard InChI is InChI=1S/C21H19N3OS2/c1-16(20(25)24(14-8-13-22)18-11-6-3-7-12-18)27-21-23-19(15-26-21)17-9-4-2-5-10-17/h2-7,9-12,15-16H,8,14H2,1H3/t16-/m1/s1. The fourth-order valence-electron chi connectivity index (χ4n) is 2.61. The molecule has 27 heavy (non-hydrogen) atoms. The molecule has 0 spiro atoms. The Morgan fingerprint density at radius 3 is 2.52 bits per heavy atom. The van der Waals surface area contributed by atoms with Crippen LogP contribution in [0.15, 0.2) is 70.4 Å². The maximum absolute atomic E-state index is 13.0. The number of hydrogen-bond acceptors (Lipinski definition) is 5. The molecule has 0 unspecified atom stereocenters. The van der Waals surface area contributed by atoms with Gasteiger partial charge in [0.25, 0.3) is 0 Å². The van der Waals surface area contributed by atoms with Gasteiger partial charge in [0.1, 0.15) is 0 Å². The number of rotatable bonds is 7. The van der Waals surface area contributed by atoms with Crippen molar-refractivity contribution in [3.8, 4) is 17.3 Å². The third-order valence-electron chi connectivity index (χ3n) is 3.96. The third-order valence-corrected chi connectivity index (χ3v) is 6.02. The van der Waals surface area contributed by atoms with E-state index in [1.165, 1.54) is 11.8 Å². The number of carbonyl (C=O) groups is 1. The lowest BCUT2D eigenvalue weighted by molar-refractivity contribution is -0.117. The summed E-state index contributed by atoms with van der Waals surface area (Å²) >= 11 is 3.00. The molecule has 1 aromatic heterocycles. The van der Waals surface area contributed by atoms with Gasteiger partial charge in [-0.25, -0.2) is 4.98 Å². The molecule has 0 aliphatic carbocycles. The minimum Gasteiger partial charge on any atom is -0.310 e. The van der Waals surface area contributed by atoms with Gasteiger partial charge in [0.05, 0.1) is 23.4 Å². The molecule has 1 amide bonds. The first kappa shape index (κ1) is 19.2. The number of nitriles is 1. The number of nitrogens with zero attached hydrogens (tertiary/aromatic N) is 3. The molecule has 2 aromatic carbocycles. The zero-order valence-electron chi connectivity index (χ0n) is 14.9. The number of carbonyl (C=O) groups excluding carboxylic acids is 1. The van der Waals surface area contributed by atoms with Crippen molar-refractivity contribution < 1.29 is 4.79 Å². The van der Waals surface area contributed by atoms with Gasteiger partial charge in [-0.1, -0.05) is 60.3 Å². The van der Waals surface area contributed by atoms with Gasteiger partial charge in [-0.05, 0) is 19.1 Å². The monoisotopic (exact) mass is 393 g/mol.